The molecule has 6 rings (SSSR count). The van der Waals surface area contributed by atoms with Crippen LogP contribution in [0.5, 0.6) is 11.5 Å². The molecule has 0 saturated heterocycles. The zero-order valence-electron chi connectivity index (χ0n) is 79.6. The minimum Gasteiger partial charge on any atom is -0.508 e. The van der Waals surface area contributed by atoms with Gasteiger partial charge in [0.15, 0.2) is 5.96 Å². The van der Waals surface area contributed by atoms with Crippen molar-refractivity contribution in [3.63, 3.8) is 0 Å². The fourth-order valence-electron chi connectivity index (χ4n) is 13.9. The highest BCUT2D eigenvalue weighted by atomic mass is 16.4. The molecule has 784 valence electrons. The average Bonchev–Trinajstić information content (AvgIpc) is 1.53. The number of para-hydroxylation sites is 2. The van der Waals surface area contributed by atoms with Gasteiger partial charge in [0.25, 0.3) is 0 Å². The second-order valence-electron chi connectivity index (χ2n) is 33.5. The summed E-state index contributed by atoms with van der Waals surface area (Å²) < 4.78 is 0. The van der Waals surface area contributed by atoms with E-state index in [9.17, 15) is 131 Å². The van der Waals surface area contributed by atoms with E-state index in [4.69, 9.17) is 34.1 Å². The number of aromatic amines is 2. The molecule has 4 aromatic carbocycles. The van der Waals surface area contributed by atoms with E-state index in [1.807, 2.05) is 0 Å². The van der Waals surface area contributed by atoms with Crippen LogP contribution in [0.15, 0.2) is 109 Å². The lowest BCUT2D eigenvalue weighted by Gasteiger charge is -2.25. The first-order valence-corrected chi connectivity index (χ1v) is 45.3. The number of benzene rings is 4. The molecule has 55 nitrogen and oxygen atoms in total. The van der Waals surface area contributed by atoms with Crippen LogP contribution in [0.3, 0.4) is 0 Å². The number of H-pyrrole nitrogens is 2. The first-order chi connectivity index (χ1) is 68.5. The largest absolute Gasteiger partial charge is 0.508 e. The van der Waals surface area contributed by atoms with Gasteiger partial charge in [-0.3, -0.25) is 111 Å². The quantitative estimate of drug-likeness (QED) is 0.00958. The molecular formula is C90H122N28O27. The highest BCUT2D eigenvalue weighted by Crippen LogP contribution is 2.23. The summed E-state index contributed by atoms with van der Waals surface area (Å²) in [7, 11) is 0. The Kier molecular flexibility index (Phi) is 46.0. The average molecular weight is 2030 g/mol. The van der Waals surface area contributed by atoms with Crippen molar-refractivity contribution < 1.29 is 131 Å². The summed E-state index contributed by atoms with van der Waals surface area (Å²) in [6, 6.07) is 1.31. The first-order valence-electron chi connectivity index (χ1n) is 45.3. The number of primary amides is 3. The zero-order valence-corrected chi connectivity index (χ0v) is 79.6. The van der Waals surface area contributed by atoms with Crippen molar-refractivity contribution in [2.24, 2.45) is 28.7 Å². The molecule has 6 aromatic rings. The Morgan fingerprint density at radius 2 is 0.641 bits per heavy atom. The number of nitrogens with two attached hydrogens (primary N) is 5. The number of phenolic OH excluding ortho intramolecular Hbond substituents is 2. The summed E-state index contributed by atoms with van der Waals surface area (Å²) >= 11 is 0. The van der Waals surface area contributed by atoms with Crippen LogP contribution in [0.2, 0.25) is 0 Å². The van der Waals surface area contributed by atoms with Crippen molar-refractivity contribution >= 4 is 164 Å². The van der Waals surface area contributed by atoms with Gasteiger partial charge in [0, 0.05) is 72.8 Å². The lowest BCUT2D eigenvalue weighted by atomic mass is 10.0. The lowest BCUT2D eigenvalue weighted by molar-refractivity contribution is -0.142. The number of carboxylic acid groups (broad SMARTS) is 1. The maximum Gasteiger partial charge on any atom is 0.326 e. The maximum atomic E-state index is 14.4. The Bertz CT molecular complexity index is 5720. The molecule has 15 atom stereocenters. The summed E-state index contributed by atoms with van der Waals surface area (Å²) in [5.74, 6) is -24.6. The van der Waals surface area contributed by atoms with E-state index in [1.165, 1.54) is 89.3 Å². The summed E-state index contributed by atoms with van der Waals surface area (Å²) in [4.78, 5) is 312. The predicted molar refractivity (Wildman–Crippen MR) is 512 cm³/mol. The maximum absolute atomic E-state index is 14.4. The minimum absolute atomic E-state index is 0.0802. The van der Waals surface area contributed by atoms with Crippen LogP contribution >= 0.6 is 0 Å². The molecule has 0 bridgehead atoms. The third-order valence-electron chi connectivity index (χ3n) is 21.8. The van der Waals surface area contributed by atoms with Gasteiger partial charge in [-0.1, -0.05) is 60.7 Å². The number of aliphatic carboxylic acids is 1. The molecule has 0 saturated carbocycles. The zero-order chi connectivity index (χ0) is 108. The number of phenols is 2. The van der Waals surface area contributed by atoms with Gasteiger partial charge < -0.3 is 165 Å². The van der Waals surface area contributed by atoms with E-state index in [-0.39, 0.29) is 62.5 Å². The van der Waals surface area contributed by atoms with Crippen molar-refractivity contribution in [2.75, 3.05) is 45.9 Å². The summed E-state index contributed by atoms with van der Waals surface area (Å²) in [6.45, 7) is 1.99. The SMILES string of the molecule is C[C@H](NC(=O)[C@H](C)NC(=O)[C@H](C)NC(=O)[C@H](C)NC(=O)[C@H](CO)NC(=O)[C@H](C)NC(=O)[C@H](C)NC(=O)[C@H](Cc1c[nH]c2ccccc12)NC(=O)[C@H](CCC(N)=O)NC(=O)CNC(=O)CNC(=O)[C@H](CC(N)=O)NC(=O)CNC(=O)[C@H](Cc1c[nH]c2ccccc12)NC(=O)[C@H](Cc1ccc(O)cc1)NC(=O)[C@H](CC(N)=O)NC(=O)CN)C(=O)NCC(=O)N[C@@H](CCCNC(=N)N)C(=O)N[C@@H](Cc1ccc(O)cc1)C(=O)O. The number of carboxylic acids is 1. The van der Waals surface area contributed by atoms with Crippen molar-refractivity contribution in [3.8, 4) is 11.5 Å². The van der Waals surface area contributed by atoms with Gasteiger partial charge in [-0.15, -0.1) is 0 Å². The van der Waals surface area contributed by atoms with Crippen molar-refractivity contribution in [1.29, 1.82) is 5.41 Å². The Labute approximate surface area is 826 Å². The van der Waals surface area contributed by atoms with E-state index in [2.05, 4.69) is 116 Å². The lowest BCUT2D eigenvalue weighted by Crippen LogP contribution is -2.60. The smallest absolute Gasteiger partial charge is 0.326 e. The van der Waals surface area contributed by atoms with Crippen LogP contribution in [0.4, 0.5) is 0 Å². The minimum atomic E-state index is -1.83. The van der Waals surface area contributed by atoms with Gasteiger partial charge in [-0.2, -0.15) is 0 Å². The molecule has 0 fully saturated rings. The number of fused-ring (bicyclic) bond motifs is 2. The first kappa shape index (κ1) is 116. The van der Waals surface area contributed by atoms with E-state index in [0.717, 1.165) is 6.92 Å². The summed E-state index contributed by atoms with van der Waals surface area (Å²) in [6.07, 6.45) is -0.664. The fraction of sp³-hybridized carbons (Fsp3) is 0.422. The van der Waals surface area contributed by atoms with Gasteiger partial charge in [-0.25, -0.2) is 4.79 Å². The highest BCUT2D eigenvalue weighted by Gasteiger charge is 2.38. The number of hydrogen-bond donors (Lipinski definition) is 32. The number of nitrogens with one attached hydrogen (secondary N) is 23. The number of hydrogen-bond acceptors (Lipinski definition) is 28. The number of carbonyl (C=O) groups excluding carboxylic acids is 22. The van der Waals surface area contributed by atoms with E-state index >= 15 is 0 Å². The van der Waals surface area contributed by atoms with Crippen LogP contribution in [0.1, 0.15) is 102 Å². The molecule has 0 radical (unpaired) electrons. The van der Waals surface area contributed by atoms with Crippen LogP contribution in [-0.2, 0) is 136 Å². The molecule has 2 heterocycles. The number of amides is 22. The van der Waals surface area contributed by atoms with Gasteiger partial charge in [0.05, 0.1) is 52.2 Å². The molecule has 145 heavy (non-hydrogen) atoms. The molecule has 2 aromatic heterocycles. The number of carbonyl (C=O) groups is 23. The molecule has 37 N–H and O–H groups in total. The number of aromatic nitrogens is 2. The molecule has 0 unspecified atom stereocenters. The highest BCUT2D eigenvalue weighted by molar-refractivity contribution is 6.03. The van der Waals surface area contributed by atoms with Gasteiger partial charge >= 0.3 is 5.97 Å². The standard InChI is InChI=1S/C90H122N28O27/c1-42(75(130)101-39-73(128)110-58(16-11-27-97-90(95)96)83(138)117-65(89(144)145)29-49-19-23-53(121)24-20-49)104-76(131)43(2)105-77(132)44(3)106-79(134)46(5)109-88(143)66(41-119)118-80(135)47(6)107-78(133)45(4)108-85(140)62(31-51-36-99-57-15-10-8-13-55(51)57)116-84(139)59(25-26-67(92)122)111-72(127)38-100-71(126)37-102-82(137)63(32-68(93)123)113-74(129)40-103-81(136)61(30-50-35-98-56-14-9-7-12-54(50)56)115-86(141)60(28-48-17-21-52(120)22-18-48)114-87(142)64(33-69(94)124)112-70(125)34-91/h7-10,12-15,17-24,35-36,42-47,58-66,98-99,119-121H,11,16,25-34,37-41,91H2,1-6H3,(H2,92,122)(H2,93,123)(H2,94,124)(H,100,126)(H,101,130)(H,102,137)(H,103,136)(H,104,131)(H,105,132)(H,106,134)(H,107,133)(H,108,140)(H,109,143)(H,110,128)(H,111,127)(H,112,125)(H,113,129)(H,114,142)(H,115,141)(H,116,139)(H,117,138)(H,118,135)(H,144,145)(H4,95,96,97)/t42-,43-,44-,45-,46-,47-,58-,59-,60-,61-,62-,63-,64-,65-,66-/m0/s1. The van der Waals surface area contributed by atoms with E-state index in [0.29, 0.717) is 44.1 Å². The van der Waals surface area contributed by atoms with Gasteiger partial charge in [-0.05, 0) is 119 Å². The van der Waals surface area contributed by atoms with E-state index < -0.39 is 292 Å². The normalized spacial score (nSPS) is 14.0. The van der Waals surface area contributed by atoms with Crippen LogP contribution in [-0.4, -0.2) is 309 Å². The third-order valence-corrected chi connectivity index (χ3v) is 21.8. The van der Waals surface area contributed by atoms with Crippen molar-refractivity contribution in [1.82, 2.24) is 116 Å². The molecule has 22 amide bonds. The summed E-state index contributed by atoms with van der Waals surface area (Å²) in [5.41, 5.74) is 29.9. The summed E-state index contributed by atoms with van der Waals surface area (Å²) in [5, 5.41) is 95.2. The number of aromatic hydroxyl groups is 2. The monoisotopic (exact) mass is 2030 g/mol. The molecule has 0 aliphatic rings. The topological polar surface area (TPSA) is 900 Å². The van der Waals surface area contributed by atoms with Crippen molar-refractivity contribution in [3.05, 3.63) is 132 Å². The predicted octanol–water partition coefficient (Wildman–Crippen LogP) is -11.5. The second-order valence-corrected chi connectivity index (χ2v) is 33.5. The third kappa shape index (κ3) is 39.6. The van der Waals surface area contributed by atoms with Gasteiger partial charge in [0.2, 0.25) is 130 Å². The van der Waals surface area contributed by atoms with Gasteiger partial charge in [0.1, 0.15) is 102 Å². The number of aliphatic hydroxyl groups excluding tert-OH is 1. The second kappa shape index (κ2) is 57.3. The Morgan fingerprint density at radius 3 is 1.06 bits per heavy atom. The Hall–Kier alpha value is -17.4. The number of aliphatic hydroxyl groups is 1. The Morgan fingerprint density at radius 1 is 0.324 bits per heavy atom. The molecule has 0 aliphatic carbocycles. The number of rotatable bonds is 59. The van der Waals surface area contributed by atoms with Crippen LogP contribution in [0, 0.1) is 5.41 Å². The number of guanidine groups is 1. The fourth-order valence-corrected chi connectivity index (χ4v) is 13.9. The van der Waals surface area contributed by atoms with Crippen LogP contribution in [0.25, 0.3) is 21.8 Å². The molecular weight excluding hydrogens is 1910 g/mol. The molecule has 0 spiro atoms. The van der Waals surface area contributed by atoms with Crippen molar-refractivity contribution in [2.45, 2.75) is 196 Å². The van der Waals surface area contributed by atoms with E-state index in [1.54, 1.807) is 54.7 Å². The Balaban J connectivity index is 0.992. The molecule has 0 aliphatic heterocycles. The molecule has 55 heteroatoms. The van der Waals surface area contributed by atoms with Crippen LogP contribution < -0.4 is 135 Å².